The number of H-pyrrole nitrogens is 2. The van der Waals surface area contributed by atoms with Gasteiger partial charge in [-0.05, 0) is 92.0 Å². The SMILES string of the molecule is COC(=O)N[C@@H](C(=O)N1CCC[C@H]1c1nc2ccc(C/C=C/Cc3ccc4nc([C@@H]5CCCN5C(=O)[C@H](C)c5ccccc5)[nH]c4c3)cc2[nH]1)c1ccccc1. The Bertz CT molecular complexity index is 2370. The zero-order valence-corrected chi connectivity index (χ0v) is 31.8. The molecular formula is C45H47N7O4. The Labute approximate surface area is 326 Å². The van der Waals surface area contributed by atoms with Crippen LogP contribution in [0.1, 0.15) is 90.6 Å². The molecule has 11 nitrogen and oxygen atoms in total. The molecular weight excluding hydrogens is 703 g/mol. The number of allylic oxidation sites excluding steroid dienone is 2. The van der Waals surface area contributed by atoms with Crippen molar-refractivity contribution in [1.82, 2.24) is 35.1 Å². The minimum atomic E-state index is -0.861. The molecule has 2 aliphatic heterocycles. The molecule has 4 heterocycles. The van der Waals surface area contributed by atoms with Crippen molar-refractivity contribution in [3.63, 3.8) is 0 Å². The molecule has 2 aliphatic rings. The third-order valence-electron chi connectivity index (χ3n) is 11.2. The van der Waals surface area contributed by atoms with Crippen molar-refractivity contribution in [2.24, 2.45) is 0 Å². The van der Waals surface area contributed by atoms with Crippen LogP contribution in [0.2, 0.25) is 0 Å². The number of benzene rings is 4. The number of aromatic nitrogens is 4. The second kappa shape index (κ2) is 16.2. The second-order valence-electron chi connectivity index (χ2n) is 14.8. The van der Waals surface area contributed by atoms with E-state index in [-0.39, 0.29) is 29.8 Å². The van der Waals surface area contributed by atoms with Crippen molar-refractivity contribution in [2.75, 3.05) is 20.2 Å². The van der Waals surface area contributed by atoms with Crippen molar-refractivity contribution < 1.29 is 19.1 Å². The summed E-state index contributed by atoms with van der Waals surface area (Å²) in [5.74, 6) is 1.36. The number of aromatic amines is 2. The molecule has 0 unspecified atom stereocenters. The molecule has 11 heteroatoms. The lowest BCUT2D eigenvalue weighted by Crippen LogP contribution is -2.42. The lowest BCUT2D eigenvalue weighted by molar-refractivity contribution is -0.135. The maximum absolute atomic E-state index is 13.9. The van der Waals surface area contributed by atoms with Crippen LogP contribution in [0.4, 0.5) is 4.79 Å². The number of carbonyl (C=O) groups excluding carboxylic acids is 3. The Morgan fingerprint density at radius 2 is 1.23 bits per heavy atom. The number of imidazole rings is 2. The summed E-state index contributed by atoms with van der Waals surface area (Å²) in [6.45, 7) is 3.31. The molecule has 2 saturated heterocycles. The summed E-state index contributed by atoms with van der Waals surface area (Å²) >= 11 is 0. The van der Waals surface area contributed by atoms with Gasteiger partial charge in [-0.25, -0.2) is 14.8 Å². The van der Waals surface area contributed by atoms with E-state index in [0.717, 1.165) is 89.9 Å². The number of alkyl carbamates (subject to hydrolysis) is 1. The molecule has 286 valence electrons. The molecule has 4 aromatic carbocycles. The number of methoxy groups -OCH3 is 1. The number of likely N-dealkylation sites (tertiary alicyclic amines) is 2. The number of hydrogen-bond acceptors (Lipinski definition) is 6. The fraction of sp³-hybridized carbons (Fsp3) is 0.311. The van der Waals surface area contributed by atoms with Crippen LogP contribution in [0.3, 0.4) is 0 Å². The van der Waals surface area contributed by atoms with Crippen molar-refractivity contribution in [2.45, 2.75) is 69.5 Å². The largest absolute Gasteiger partial charge is 0.453 e. The number of ether oxygens (including phenoxy) is 1. The van der Waals surface area contributed by atoms with Crippen molar-refractivity contribution in [3.8, 4) is 0 Å². The molecule has 0 saturated carbocycles. The molecule has 6 aromatic rings. The first-order chi connectivity index (χ1) is 27.4. The monoisotopic (exact) mass is 749 g/mol. The molecule has 4 atom stereocenters. The van der Waals surface area contributed by atoms with E-state index in [1.54, 1.807) is 0 Å². The van der Waals surface area contributed by atoms with Gasteiger partial charge in [-0.2, -0.15) is 0 Å². The number of carbonyl (C=O) groups is 3. The summed E-state index contributed by atoms with van der Waals surface area (Å²) in [7, 11) is 1.29. The van der Waals surface area contributed by atoms with Gasteiger partial charge in [0.15, 0.2) is 0 Å². The molecule has 0 aliphatic carbocycles. The lowest BCUT2D eigenvalue weighted by Gasteiger charge is -2.28. The Hall–Kier alpha value is -6.23. The Balaban J connectivity index is 0.904. The molecule has 3 N–H and O–H groups in total. The van der Waals surface area contributed by atoms with Gasteiger partial charge < -0.3 is 29.8 Å². The number of hydrogen-bond donors (Lipinski definition) is 3. The summed E-state index contributed by atoms with van der Waals surface area (Å²) < 4.78 is 4.83. The molecule has 0 bridgehead atoms. The van der Waals surface area contributed by atoms with Gasteiger partial charge in [-0.3, -0.25) is 9.59 Å². The minimum Gasteiger partial charge on any atom is -0.453 e. The van der Waals surface area contributed by atoms with E-state index in [2.05, 4.69) is 57.8 Å². The Morgan fingerprint density at radius 3 is 1.75 bits per heavy atom. The zero-order chi connectivity index (χ0) is 38.6. The average Bonchev–Trinajstić information content (AvgIpc) is 4.07. The third-order valence-corrected chi connectivity index (χ3v) is 11.2. The van der Waals surface area contributed by atoms with Crippen LogP contribution < -0.4 is 5.32 Å². The van der Waals surface area contributed by atoms with Crippen LogP contribution in [0.5, 0.6) is 0 Å². The second-order valence-corrected chi connectivity index (χ2v) is 14.8. The molecule has 56 heavy (non-hydrogen) atoms. The average molecular weight is 750 g/mol. The number of fused-ring (bicyclic) bond motifs is 2. The smallest absolute Gasteiger partial charge is 0.407 e. The van der Waals surface area contributed by atoms with E-state index >= 15 is 0 Å². The molecule has 0 radical (unpaired) electrons. The maximum Gasteiger partial charge on any atom is 0.407 e. The van der Waals surface area contributed by atoms with Crippen molar-refractivity contribution in [1.29, 1.82) is 0 Å². The van der Waals surface area contributed by atoms with Crippen LogP contribution in [0.25, 0.3) is 22.1 Å². The predicted molar refractivity (Wildman–Crippen MR) is 216 cm³/mol. The quantitative estimate of drug-likeness (QED) is 0.115. The van der Waals surface area contributed by atoms with Gasteiger partial charge in [-0.15, -0.1) is 0 Å². The van der Waals surface area contributed by atoms with E-state index in [0.29, 0.717) is 12.1 Å². The van der Waals surface area contributed by atoms with Gasteiger partial charge in [0.2, 0.25) is 5.91 Å². The van der Waals surface area contributed by atoms with Crippen LogP contribution in [-0.2, 0) is 27.2 Å². The van der Waals surface area contributed by atoms with E-state index in [1.165, 1.54) is 12.7 Å². The van der Waals surface area contributed by atoms with Gasteiger partial charge in [0.1, 0.15) is 17.7 Å². The highest BCUT2D eigenvalue weighted by atomic mass is 16.5. The summed E-state index contributed by atoms with van der Waals surface area (Å²) in [4.78, 5) is 60.3. The van der Waals surface area contributed by atoms with Crippen LogP contribution >= 0.6 is 0 Å². The fourth-order valence-electron chi connectivity index (χ4n) is 8.20. The highest BCUT2D eigenvalue weighted by Crippen LogP contribution is 2.36. The highest BCUT2D eigenvalue weighted by Gasteiger charge is 2.37. The predicted octanol–water partition coefficient (Wildman–Crippen LogP) is 8.01. The summed E-state index contributed by atoms with van der Waals surface area (Å²) in [6, 6.07) is 30.7. The van der Waals surface area contributed by atoms with Gasteiger partial charge in [-0.1, -0.05) is 84.9 Å². The normalized spacial score (nSPS) is 18.2. The Morgan fingerprint density at radius 1 is 0.732 bits per heavy atom. The maximum atomic E-state index is 13.9. The van der Waals surface area contributed by atoms with E-state index in [9.17, 15) is 14.4 Å². The van der Waals surface area contributed by atoms with E-state index < -0.39 is 12.1 Å². The molecule has 0 spiro atoms. The number of amides is 3. The van der Waals surface area contributed by atoms with E-state index in [1.807, 2.05) is 83.5 Å². The van der Waals surface area contributed by atoms with Crippen LogP contribution in [0.15, 0.2) is 109 Å². The standard InChI is InChI=1S/C45H47N7O4/c1-29(32-15-5-3-6-16-32)43(53)51-25-11-19-38(51)41-46-34-23-21-30(27-36(34)48-41)13-9-10-14-31-22-24-35-37(28-31)49-42(47-35)39-20-12-26-52(39)44(54)40(50-45(55)56-2)33-17-7-4-8-18-33/h3-10,15-18,21-24,27-29,38-40H,11-14,19-20,25-26H2,1-2H3,(H,46,48)(H,47,49)(H,50,55)/b10-9+/t29-,38+,39+,40-/m1/s1. The fourth-order valence-corrected chi connectivity index (χ4v) is 8.20. The summed E-state index contributed by atoms with van der Waals surface area (Å²) in [5, 5.41) is 2.73. The summed E-state index contributed by atoms with van der Waals surface area (Å²) in [5.41, 5.74) is 7.74. The number of nitrogens with one attached hydrogen (secondary N) is 3. The van der Waals surface area contributed by atoms with Gasteiger partial charge in [0, 0.05) is 13.1 Å². The summed E-state index contributed by atoms with van der Waals surface area (Å²) in [6.07, 6.45) is 8.75. The topological polar surface area (TPSA) is 136 Å². The molecule has 8 rings (SSSR count). The van der Waals surface area contributed by atoms with Crippen molar-refractivity contribution in [3.05, 3.63) is 143 Å². The number of rotatable bonds is 11. The zero-order valence-electron chi connectivity index (χ0n) is 31.8. The molecule has 2 fully saturated rings. The number of nitrogens with zero attached hydrogens (tertiary/aromatic N) is 4. The van der Waals surface area contributed by atoms with Crippen molar-refractivity contribution >= 4 is 40.0 Å². The minimum absolute atomic E-state index is 0.0466. The first-order valence-corrected chi connectivity index (χ1v) is 19.5. The third kappa shape index (κ3) is 7.66. The van der Waals surface area contributed by atoms with Crippen LogP contribution in [0, 0.1) is 0 Å². The van der Waals surface area contributed by atoms with Gasteiger partial charge in [0.25, 0.3) is 5.91 Å². The first kappa shape index (κ1) is 36.7. The molecule has 2 aromatic heterocycles. The van der Waals surface area contributed by atoms with Gasteiger partial charge in [0.05, 0.1) is 47.2 Å². The molecule has 3 amide bonds. The first-order valence-electron chi connectivity index (χ1n) is 19.5. The Kier molecular flexibility index (Phi) is 10.7. The van der Waals surface area contributed by atoms with E-state index in [4.69, 9.17) is 14.7 Å². The van der Waals surface area contributed by atoms with Crippen LogP contribution in [-0.4, -0.2) is 67.8 Å². The lowest BCUT2D eigenvalue weighted by atomic mass is 9.99. The highest BCUT2D eigenvalue weighted by molar-refractivity contribution is 5.88. The van der Waals surface area contributed by atoms with Gasteiger partial charge >= 0.3 is 6.09 Å².